The van der Waals surface area contributed by atoms with Gasteiger partial charge in [-0.15, -0.1) is 11.3 Å². The van der Waals surface area contributed by atoms with E-state index in [0.717, 1.165) is 35.0 Å². The number of hydrogen-bond donors (Lipinski definition) is 1. The maximum absolute atomic E-state index is 5.08. The zero-order chi connectivity index (χ0) is 25.1. The van der Waals surface area contributed by atoms with Crippen LogP contribution in [0.25, 0.3) is 71.3 Å². The van der Waals surface area contributed by atoms with Gasteiger partial charge in [0.05, 0.1) is 0 Å². The van der Waals surface area contributed by atoms with Gasteiger partial charge in [0.2, 0.25) is 0 Å². The quantitative estimate of drug-likeness (QED) is 0.261. The van der Waals surface area contributed by atoms with Crippen molar-refractivity contribution in [1.82, 2.24) is 19.9 Å². The molecule has 0 atom stereocenters. The van der Waals surface area contributed by atoms with Gasteiger partial charge in [-0.25, -0.2) is 15.0 Å². The molecule has 0 aliphatic heterocycles. The Morgan fingerprint density at radius 1 is 0.658 bits per heavy atom. The Balaban J connectivity index is 1.37. The number of benzene rings is 4. The highest BCUT2D eigenvalue weighted by molar-refractivity contribution is 7.26. The van der Waals surface area contributed by atoms with Gasteiger partial charge in [-0.05, 0) is 43.2 Å². The van der Waals surface area contributed by atoms with Gasteiger partial charge in [-0.3, -0.25) is 0 Å². The minimum absolute atomic E-state index is 0.680. The molecular weight excluding hydrogens is 484 g/mol. The van der Waals surface area contributed by atoms with Crippen LogP contribution in [0.15, 0.2) is 97.1 Å². The highest BCUT2D eigenvalue weighted by atomic mass is 32.1. The number of aryl methyl sites for hydroxylation is 1. The Hall–Kier alpha value is -4.61. The topological polar surface area (TPSA) is 54.5 Å². The third-order valence-electron chi connectivity index (χ3n) is 7.34. The van der Waals surface area contributed by atoms with Crippen LogP contribution in [0.1, 0.15) is 17.7 Å². The van der Waals surface area contributed by atoms with E-state index in [9.17, 15) is 0 Å². The summed E-state index contributed by atoms with van der Waals surface area (Å²) in [6.07, 6.45) is 6.61. The molecule has 3 aromatic heterocycles. The van der Waals surface area contributed by atoms with E-state index >= 15 is 0 Å². The maximum Gasteiger partial charge on any atom is 0.165 e. The SMILES string of the molecule is C1=Cc2c([nH]c3ccc(-c4nc(-c5ccccc5)nc(-c5cccc6c5sc5ccccc56)n4)cc23)CC1. The number of nitrogens with zero attached hydrogens (tertiary/aromatic N) is 3. The summed E-state index contributed by atoms with van der Waals surface area (Å²) in [5, 5.41) is 3.71. The molecular formula is C33H22N4S. The average molecular weight is 507 g/mol. The summed E-state index contributed by atoms with van der Waals surface area (Å²) < 4.78 is 2.47. The van der Waals surface area contributed by atoms with Crippen molar-refractivity contribution in [2.45, 2.75) is 12.8 Å². The van der Waals surface area contributed by atoms with E-state index in [1.165, 1.54) is 36.8 Å². The molecule has 0 bridgehead atoms. The first kappa shape index (κ1) is 21.5. The number of H-pyrrole nitrogens is 1. The van der Waals surface area contributed by atoms with Gasteiger partial charge in [-0.1, -0.05) is 72.8 Å². The molecule has 0 saturated carbocycles. The Morgan fingerprint density at radius 2 is 1.45 bits per heavy atom. The number of thiophene rings is 1. The second kappa shape index (κ2) is 8.47. The number of rotatable bonds is 3. The molecule has 4 nitrogen and oxygen atoms in total. The van der Waals surface area contributed by atoms with Crippen molar-refractivity contribution in [1.29, 1.82) is 0 Å². The monoisotopic (exact) mass is 506 g/mol. The first-order valence-electron chi connectivity index (χ1n) is 12.9. The second-order valence-corrected chi connectivity index (χ2v) is 10.7. The first-order chi connectivity index (χ1) is 18.8. The summed E-state index contributed by atoms with van der Waals surface area (Å²) in [6.45, 7) is 0. The van der Waals surface area contributed by atoms with Crippen LogP contribution in [-0.4, -0.2) is 19.9 Å². The molecule has 0 radical (unpaired) electrons. The van der Waals surface area contributed by atoms with E-state index in [1.54, 1.807) is 11.3 Å². The van der Waals surface area contributed by atoms with Gasteiger partial charge in [0.1, 0.15) is 0 Å². The van der Waals surface area contributed by atoms with Crippen molar-refractivity contribution in [3.63, 3.8) is 0 Å². The third-order valence-corrected chi connectivity index (χ3v) is 8.56. The molecule has 3 heterocycles. The molecule has 38 heavy (non-hydrogen) atoms. The van der Waals surface area contributed by atoms with Crippen LogP contribution >= 0.6 is 11.3 Å². The fourth-order valence-electron chi connectivity index (χ4n) is 5.49. The van der Waals surface area contributed by atoms with E-state index in [1.807, 2.05) is 18.2 Å². The average Bonchev–Trinajstić information content (AvgIpc) is 3.55. The third kappa shape index (κ3) is 3.40. The predicted octanol–water partition coefficient (Wildman–Crippen LogP) is 8.68. The van der Waals surface area contributed by atoms with Crippen molar-refractivity contribution < 1.29 is 0 Å². The van der Waals surface area contributed by atoms with Crippen molar-refractivity contribution in [3.05, 3.63) is 108 Å². The zero-order valence-corrected chi connectivity index (χ0v) is 21.3. The fraction of sp³-hybridized carbons (Fsp3) is 0.0606. The van der Waals surface area contributed by atoms with Crippen LogP contribution in [0.3, 0.4) is 0 Å². The highest BCUT2D eigenvalue weighted by Crippen LogP contribution is 2.39. The van der Waals surface area contributed by atoms with E-state index in [4.69, 9.17) is 15.0 Å². The first-order valence-corrected chi connectivity index (χ1v) is 13.7. The highest BCUT2D eigenvalue weighted by Gasteiger charge is 2.18. The Kier molecular flexibility index (Phi) is 4.79. The molecule has 0 fully saturated rings. The van der Waals surface area contributed by atoms with E-state index in [0.29, 0.717) is 17.5 Å². The lowest BCUT2D eigenvalue weighted by molar-refractivity contribution is 0.951. The smallest absolute Gasteiger partial charge is 0.165 e. The molecule has 0 spiro atoms. The van der Waals surface area contributed by atoms with Gasteiger partial charge < -0.3 is 4.98 Å². The van der Waals surface area contributed by atoms with Crippen LogP contribution in [0.2, 0.25) is 0 Å². The standard InChI is InChI=1S/C33H22N4S/c1-2-9-20(10-3-1)31-35-32(21-17-18-28-26(19-21)22-11-4-6-15-27(22)34-28)37-33(36-31)25-14-8-13-24-23-12-5-7-16-29(23)38-30(24)25/h1-5,7-14,16-19,34H,6,15H2. The minimum Gasteiger partial charge on any atom is -0.358 e. The van der Waals surface area contributed by atoms with E-state index in [-0.39, 0.29) is 0 Å². The molecule has 1 aliphatic rings. The molecule has 180 valence electrons. The lowest BCUT2D eigenvalue weighted by atomic mass is 10.0. The number of allylic oxidation sites excluding steroid dienone is 1. The molecule has 1 N–H and O–H groups in total. The Labute approximate surface area is 223 Å². The number of aromatic nitrogens is 4. The summed E-state index contributed by atoms with van der Waals surface area (Å²) in [5.74, 6) is 2.06. The summed E-state index contributed by atoms with van der Waals surface area (Å²) in [5.41, 5.74) is 6.73. The number of hydrogen-bond acceptors (Lipinski definition) is 4. The van der Waals surface area contributed by atoms with Gasteiger partial charge in [0, 0.05) is 59.0 Å². The van der Waals surface area contributed by atoms with Gasteiger partial charge in [0.25, 0.3) is 0 Å². The molecule has 7 aromatic rings. The molecule has 0 saturated heterocycles. The minimum atomic E-state index is 0.680. The molecule has 1 aliphatic carbocycles. The zero-order valence-electron chi connectivity index (χ0n) is 20.5. The Bertz CT molecular complexity index is 2030. The maximum atomic E-state index is 5.08. The van der Waals surface area contributed by atoms with Crippen molar-refractivity contribution in [2.24, 2.45) is 0 Å². The summed E-state index contributed by atoms with van der Waals surface area (Å²) >= 11 is 1.79. The van der Waals surface area contributed by atoms with Crippen LogP contribution < -0.4 is 0 Å². The number of fused-ring (bicyclic) bond motifs is 6. The largest absolute Gasteiger partial charge is 0.358 e. The molecule has 0 amide bonds. The Morgan fingerprint density at radius 3 is 2.37 bits per heavy atom. The molecule has 5 heteroatoms. The van der Waals surface area contributed by atoms with E-state index < -0.39 is 0 Å². The lowest BCUT2D eigenvalue weighted by Crippen LogP contribution is -2.00. The van der Waals surface area contributed by atoms with E-state index in [2.05, 4.69) is 89.9 Å². The summed E-state index contributed by atoms with van der Waals surface area (Å²) in [6, 6.07) is 31.6. The molecule has 0 unspecified atom stereocenters. The number of nitrogens with one attached hydrogen (secondary N) is 1. The van der Waals surface area contributed by atoms with Crippen LogP contribution in [0, 0.1) is 0 Å². The van der Waals surface area contributed by atoms with Gasteiger partial charge >= 0.3 is 0 Å². The summed E-state index contributed by atoms with van der Waals surface area (Å²) in [7, 11) is 0. The lowest BCUT2D eigenvalue weighted by Gasteiger charge is -2.09. The van der Waals surface area contributed by atoms with Crippen LogP contribution in [-0.2, 0) is 6.42 Å². The molecule has 4 aromatic carbocycles. The summed E-state index contributed by atoms with van der Waals surface area (Å²) in [4.78, 5) is 18.7. The normalized spacial score (nSPS) is 12.9. The number of aromatic amines is 1. The van der Waals surface area contributed by atoms with Crippen molar-refractivity contribution >= 4 is 48.5 Å². The second-order valence-electron chi connectivity index (χ2n) is 9.67. The molecule has 8 rings (SSSR count). The van der Waals surface area contributed by atoms with Gasteiger partial charge in [0.15, 0.2) is 17.5 Å². The fourth-order valence-corrected chi connectivity index (χ4v) is 6.70. The van der Waals surface area contributed by atoms with Crippen molar-refractivity contribution in [2.75, 3.05) is 0 Å². The van der Waals surface area contributed by atoms with Crippen LogP contribution in [0.5, 0.6) is 0 Å². The predicted molar refractivity (Wildman–Crippen MR) is 158 cm³/mol. The van der Waals surface area contributed by atoms with Crippen molar-refractivity contribution in [3.8, 4) is 34.2 Å². The van der Waals surface area contributed by atoms with Crippen LogP contribution in [0.4, 0.5) is 0 Å². The van der Waals surface area contributed by atoms with Gasteiger partial charge in [-0.2, -0.15) is 0 Å².